The Morgan fingerprint density at radius 2 is 1.44 bits per heavy atom. The van der Waals surface area contributed by atoms with Crippen LogP contribution in [0, 0.1) is 52.3 Å². The highest BCUT2D eigenvalue weighted by atomic mass is 32.2. The van der Waals surface area contributed by atoms with Crippen molar-refractivity contribution in [2.45, 2.75) is 217 Å². The molecule has 0 unspecified atom stereocenters. The molecule has 2 heterocycles. The van der Waals surface area contributed by atoms with Crippen molar-refractivity contribution in [3.63, 3.8) is 0 Å². The van der Waals surface area contributed by atoms with Crippen LogP contribution in [-0.4, -0.2) is 145 Å². The number of nitrogens with one attached hydrogen (secondary N) is 1. The Kier molecular flexibility index (Phi) is 21.3. The number of halogens is 3. The number of nitrogens with two attached hydrogens (primary N) is 1. The number of aromatic nitrogens is 2. The molecule has 1 aromatic heterocycles. The number of aliphatic hydroxyl groups excluding tert-OH is 4. The van der Waals surface area contributed by atoms with Crippen LogP contribution in [0.5, 0.6) is 0 Å². The molecule has 4 aromatic carbocycles. The number of rotatable bonds is 11. The largest absolute Gasteiger partial charge is 0.456 e. The van der Waals surface area contributed by atoms with Crippen molar-refractivity contribution in [3.05, 3.63) is 160 Å². The number of alkyl halides is 3. The number of aliphatic hydroxyl groups is 5. The summed E-state index contributed by atoms with van der Waals surface area (Å²) < 4.78 is 92.7. The van der Waals surface area contributed by atoms with Crippen molar-refractivity contribution in [1.29, 1.82) is 0 Å². The van der Waals surface area contributed by atoms with Crippen molar-refractivity contribution in [2.24, 2.45) is 50.5 Å². The molecule has 6 fully saturated rings. The van der Waals surface area contributed by atoms with E-state index in [0.29, 0.717) is 22.8 Å². The topological polar surface area (TPSA) is 340 Å². The van der Waals surface area contributed by atoms with E-state index in [1.165, 1.54) is 81.5 Å². The fourth-order valence-corrected chi connectivity index (χ4v) is 19.0. The summed E-state index contributed by atoms with van der Waals surface area (Å²) in [5.74, 6) is -2.79. The van der Waals surface area contributed by atoms with Gasteiger partial charge in [-0.1, -0.05) is 112 Å². The summed E-state index contributed by atoms with van der Waals surface area (Å²) in [5, 5.41) is 70.7. The first-order valence-corrected chi connectivity index (χ1v) is 37.2. The maximum Gasteiger partial charge on any atom is 0.435 e. The molecule has 26 heteroatoms. The average Bonchev–Trinajstić information content (AvgIpc) is 1.06. The van der Waals surface area contributed by atoms with Gasteiger partial charge in [-0.25, -0.2) is 32.6 Å². The fraction of sp³-hybridized carbons (Fsp3) is 0.532. The standard InChI is InChI=1S/C43H53NO14.C19H28O2.C17H14F3N3O2S/c1-22-26(55-37(51)32(48)30(24-15-11-9-12-16-24)44-38(52)58-39(3,4)5)20-43(53)35(56-36(50)25-17-13-10-14-18-25)33-41(8,34(49)31(47)29(22)40(43,6)7)27(46)19-28-42(33,21-54-28)57-23(2)45;1-18-9-7-13(20)11-12(18)3-4-14-15-5-6-17(21)19(15,2)10-8-16(14)18;1-11-2-4-12(5-3-11)15-10-16(17(18,19)20)22-23(15)13-6-8-14(9-7-13)26(21,24)25/h9-18,26-28,30-33,35,46-48,53H,19-21H2,1-8H3,(H,44,52);11,14-17,21H,3-10H2,1-2H3;2-10H,1H3,(H2,21,24,25)/t26-,27-,28+,30-,31+,32+,33-,35-,41+,42-,43+;14-,15-,16-,17+,18-,19-;/m00./s1. The van der Waals surface area contributed by atoms with E-state index < -0.39 is 134 Å². The van der Waals surface area contributed by atoms with E-state index in [9.17, 15) is 75.9 Å². The second-order valence-electron chi connectivity index (χ2n) is 31.9. The van der Waals surface area contributed by atoms with Gasteiger partial charge in [0.25, 0.3) is 0 Å². The van der Waals surface area contributed by atoms with Gasteiger partial charge in [-0.2, -0.15) is 18.3 Å². The second-order valence-corrected chi connectivity index (χ2v) is 33.5. The number of sulfonamides is 1. The minimum Gasteiger partial charge on any atom is -0.456 e. The van der Waals surface area contributed by atoms with E-state index in [1.54, 1.807) is 107 Å². The van der Waals surface area contributed by atoms with Crippen molar-refractivity contribution in [3.8, 4) is 16.9 Å². The molecule has 5 saturated carbocycles. The maximum atomic E-state index is 14.9. The number of allylic oxidation sites excluding steroid dienone is 1. The van der Waals surface area contributed by atoms with Crippen molar-refractivity contribution in [1.82, 2.24) is 15.1 Å². The van der Waals surface area contributed by atoms with Crippen molar-refractivity contribution in [2.75, 3.05) is 6.61 Å². The summed E-state index contributed by atoms with van der Waals surface area (Å²) in [6, 6.07) is 27.7. The monoisotopic (exact) mass is 1480 g/mol. The number of carbonyl (C=O) groups is 6. The zero-order chi connectivity index (χ0) is 76.7. The van der Waals surface area contributed by atoms with Gasteiger partial charge in [0, 0.05) is 37.2 Å². The summed E-state index contributed by atoms with van der Waals surface area (Å²) >= 11 is 0. The molecule has 1 aliphatic heterocycles. The minimum atomic E-state index is -4.61. The second kappa shape index (κ2) is 28.6. The van der Waals surface area contributed by atoms with Crippen LogP contribution >= 0.6 is 0 Å². The number of benzene rings is 4. The quantitative estimate of drug-likeness (QED) is 0.0367. The Labute approximate surface area is 608 Å². The molecule has 566 valence electrons. The molecule has 8 aliphatic rings. The zero-order valence-corrected chi connectivity index (χ0v) is 61.6. The van der Waals surface area contributed by atoms with Crippen LogP contribution in [-0.2, 0) is 59.1 Å². The molecule has 5 aromatic rings. The van der Waals surface area contributed by atoms with Crippen molar-refractivity contribution < 1.29 is 99.6 Å². The van der Waals surface area contributed by atoms with Crippen LogP contribution in [0.1, 0.15) is 167 Å². The number of aryl methyl sites for hydroxylation is 1. The van der Waals surface area contributed by atoms with Crippen LogP contribution in [0.3, 0.4) is 0 Å². The number of ketones is 2. The number of esters is 3. The Bertz CT molecular complexity index is 4330. The van der Waals surface area contributed by atoms with E-state index in [4.69, 9.17) is 28.8 Å². The predicted molar refractivity (Wildman–Crippen MR) is 376 cm³/mol. The molecule has 1 amide bonds. The van der Waals surface area contributed by atoms with Crippen LogP contribution in [0.4, 0.5) is 18.0 Å². The highest BCUT2D eigenvalue weighted by Crippen LogP contribution is 2.67. The molecule has 13 rings (SSSR count). The van der Waals surface area contributed by atoms with Gasteiger partial charge in [0.05, 0.1) is 58.0 Å². The highest BCUT2D eigenvalue weighted by molar-refractivity contribution is 7.89. The third-order valence-electron chi connectivity index (χ3n) is 24.2. The number of fused-ring (bicyclic) bond motifs is 10. The van der Waals surface area contributed by atoms with Gasteiger partial charge in [-0.05, 0) is 180 Å². The summed E-state index contributed by atoms with van der Waals surface area (Å²) in [6.45, 7) is 18.4. The van der Waals surface area contributed by atoms with E-state index in [2.05, 4.69) is 24.3 Å². The van der Waals surface area contributed by atoms with Gasteiger partial charge >= 0.3 is 30.2 Å². The van der Waals surface area contributed by atoms with E-state index in [1.807, 2.05) is 13.0 Å². The molecule has 0 radical (unpaired) electrons. The van der Waals surface area contributed by atoms with Crippen LogP contribution in [0.15, 0.2) is 143 Å². The van der Waals surface area contributed by atoms with Crippen molar-refractivity contribution >= 4 is 45.6 Å². The first-order valence-electron chi connectivity index (χ1n) is 35.6. The Balaban J connectivity index is 0.000000190. The number of ether oxygens (including phenoxy) is 5. The number of hydrogen-bond donors (Lipinski definition) is 7. The number of nitrogens with zero attached hydrogens (tertiary/aromatic N) is 2. The number of primary sulfonamides is 1. The first kappa shape index (κ1) is 78.1. The lowest BCUT2D eigenvalue weighted by molar-refractivity contribution is -0.346. The van der Waals surface area contributed by atoms with Crippen LogP contribution in [0.2, 0.25) is 0 Å². The number of alkyl carbamates (subject to hydrolysis) is 1. The van der Waals surface area contributed by atoms with Gasteiger partial charge in [0.1, 0.15) is 35.6 Å². The zero-order valence-electron chi connectivity index (χ0n) is 60.8. The summed E-state index contributed by atoms with van der Waals surface area (Å²) in [5.41, 5.74) is -5.25. The summed E-state index contributed by atoms with van der Waals surface area (Å²) in [4.78, 5) is 80.6. The molecule has 8 N–H and O–H groups in total. The smallest absolute Gasteiger partial charge is 0.435 e. The highest BCUT2D eigenvalue weighted by Gasteiger charge is 2.78. The molecule has 17 atom stereocenters. The lowest BCUT2D eigenvalue weighted by atomic mass is 9.44. The maximum absolute atomic E-state index is 14.9. The number of Topliss-reactive ketones (excluding diaryl/α,β-unsaturated/α-hetero) is 1. The molecule has 1 saturated heterocycles. The van der Waals surface area contributed by atoms with Crippen LogP contribution < -0.4 is 10.5 Å². The summed E-state index contributed by atoms with van der Waals surface area (Å²) in [6.07, 6.45) is -5.38. The third kappa shape index (κ3) is 14.5. The molecule has 0 spiro atoms. The fourth-order valence-electron chi connectivity index (χ4n) is 18.5. The average molecular weight is 1480 g/mol. The van der Waals surface area contributed by atoms with Crippen LogP contribution in [0.25, 0.3) is 16.9 Å². The molecule has 2 bridgehead atoms. The third-order valence-corrected chi connectivity index (χ3v) is 25.2. The van der Waals surface area contributed by atoms with E-state index in [0.717, 1.165) is 60.8 Å². The number of amides is 1. The van der Waals surface area contributed by atoms with Gasteiger partial charge in [-0.3, -0.25) is 14.4 Å². The predicted octanol–water partition coefficient (Wildman–Crippen LogP) is 10.7. The Morgan fingerprint density at radius 1 is 0.800 bits per heavy atom. The molecule has 7 aliphatic carbocycles. The summed E-state index contributed by atoms with van der Waals surface area (Å²) in [7, 11) is -3.90. The Hall–Kier alpha value is -7.95. The van der Waals surface area contributed by atoms with Gasteiger partial charge in [0.15, 0.2) is 29.0 Å². The minimum absolute atomic E-state index is 0.0637. The number of carbonyl (C=O) groups excluding carboxylic acids is 6. The van der Waals surface area contributed by atoms with Gasteiger partial charge < -0.3 is 54.5 Å². The molecular formula is C79H95F3N4O18S. The Morgan fingerprint density at radius 3 is 2.03 bits per heavy atom. The van der Waals surface area contributed by atoms with E-state index in [-0.39, 0.29) is 62.9 Å². The normalized spacial score (nSPS) is 32.2. The lowest BCUT2D eigenvalue weighted by Gasteiger charge is -2.67. The molecule has 105 heavy (non-hydrogen) atoms. The van der Waals surface area contributed by atoms with Gasteiger partial charge in [0.2, 0.25) is 10.0 Å². The van der Waals surface area contributed by atoms with Gasteiger partial charge in [-0.15, -0.1) is 0 Å². The van der Waals surface area contributed by atoms with E-state index >= 15 is 0 Å². The lowest BCUT2D eigenvalue weighted by Crippen LogP contribution is -2.81. The SMILES string of the molecule is CC(=O)O[C@@]12CO[C@@H]1C[C@H](O)[C@@]1(C)C(=O)[C@H](O)C3=C(C)[C@@H](OC(=O)[C@H](O)[C@@H](NC(=O)OC(C)(C)C)c4ccccc4)C[C@@](O)([C@@H](OC(=O)c4ccccc4)[C@H]21)C3(C)C.C[C@]12CC[C@H]3[C@@H](CCC4=CC(=O)CC[C@@]43C)[C@@H]1CC[C@H]2O.Cc1ccc(-c2cc(C(F)(F)F)nn2-c2ccc(S(N)(=O)=O)cc2)cc1. The molecule has 22 nitrogen and oxygen atoms in total. The number of hydrogen-bond acceptors (Lipinski definition) is 19. The molecular weight excluding hydrogens is 1380 g/mol. The first-order chi connectivity index (χ1) is 49.0.